The van der Waals surface area contributed by atoms with Crippen LogP contribution < -0.4 is 10.1 Å². The first-order valence-electron chi connectivity index (χ1n) is 7.20. The van der Waals surface area contributed by atoms with Crippen molar-refractivity contribution in [3.05, 3.63) is 35.5 Å². The maximum absolute atomic E-state index is 5.49. The van der Waals surface area contributed by atoms with E-state index in [1.54, 1.807) is 0 Å². The predicted octanol–water partition coefficient (Wildman–Crippen LogP) is 2.66. The summed E-state index contributed by atoms with van der Waals surface area (Å²) in [4.78, 5) is 9.30. The minimum absolute atomic E-state index is 0.578. The minimum Gasteiger partial charge on any atom is -0.494 e. The monoisotopic (exact) mass is 285 g/mol. The second kappa shape index (κ2) is 6.10. The van der Waals surface area contributed by atoms with Crippen molar-refractivity contribution in [3.63, 3.8) is 0 Å². The van der Waals surface area contributed by atoms with Crippen molar-refractivity contribution in [1.82, 2.24) is 9.97 Å². The standard InChI is InChI=1S/C16H19N3O2/c1-3-21-12-6-4-11(5-7-12)15-18-14-8-9-20-10-13(14)16(17-2)19-15/h4-7H,3,8-10H2,1-2H3,(H,17,18,19). The summed E-state index contributed by atoms with van der Waals surface area (Å²) in [5.74, 6) is 2.45. The highest BCUT2D eigenvalue weighted by molar-refractivity contribution is 5.60. The van der Waals surface area contributed by atoms with E-state index in [-0.39, 0.29) is 0 Å². The van der Waals surface area contributed by atoms with Gasteiger partial charge in [0.15, 0.2) is 5.82 Å². The van der Waals surface area contributed by atoms with Crippen LogP contribution in [0.15, 0.2) is 24.3 Å². The Morgan fingerprint density at radius 2 is 2.05 bits per heavy atom. The van der Waals surface area contributed by atoms with Crippen LogP contribution in [-0.2, 0) is 17.8 Å². The second-order valence-corrected chi connectivity index (χ2v) is 4.83. The van der Waals surface area contributed by atoms with Crippen molar-refractivity contribution >= 4 is 5.82 Å². The first kappa shape index (κ1) is 13.8. The Hall–Kier alpha value is -2.14. The second-order valence-electron chi connectivity index (χ2n) is 4.83. The lowest BCUT2D eigenvalue weighted by molar-refractivity contribution is 0.109. The van der Waals surface area contributed by atoms with Gasteiger partial charge in [0.1, 0.15) is 11.6 Å². The lowest BCUT2D eigenvalue weighted by atomic mass is 10.1. The van der Waals surface area contributed by atoms with Crippen LogP contribution in [-0.4, -0.2) is 30.2 Å². The summed E-state index contributed by atoms with van der Waals surface area (Å²) in [7, 11) is 1.87. The van der Waals surface area contributed by atoms with Crippen molar-refractivity contribution in [1.29, 1.82) is 0 Å². The highest BCUT2D eigenvalue weighted by Gasteiger charge is 2.18. The Kier molecular flexibility index (Phi) is 4.01. The molecule has 0 aliphatic carbocycles. The number of fused-ring (bicyclic) bond motifs is 1. The first-order chi connectivity index (χ1) is 10.3. The van der Waals surface area contributed by atoms with Crippen LogP contribution in [0.2, 0.25) is 0 Å². The normalized spacial score (nSPS) is 13.6. The van der Waals surface area contributed by atoms with E-state index in [0.29, 0.717) is 13.2 Å². The molecule has 1 N–H and O–H groups in total. The lowest BCUT2D eigenvalue weighted by Gasteiger charge is -2.19. The average molecular weight is 285 g/mol. The Balaban J connectivity index is 1.98. The van der Waals surface area contributed by atoms with Crippen molar-refractivity contribution in [2.45, 2.75) is 20.0 Å². The largest absolute Gasteiger partial charge is 0.494 e. The summed E-state index contributed by atoms with van der Waals surface area (Å²) in [5, 5.41) is 3.14. The van der Waals surface area contributed by atoms with E-state index in [0.717, 1.165) is 47.2 Å². The molecule has 2 aromatic rings. The number of hydrogen-bond donors (Lipinski definition) is 1. The SMILES string of the molecule is CCOc1ccc(-c2nc3c(c(NC)n2)COCC3)cc1. The van der Waals surface area contributed by atoms with Crippen LogP contribution in [0.3, 0.4) is 0 Å². The number of hydrogen-bond acceptors (Lipinski definition) is 5. The molecule has 110 valence electrons. The van der Waals surface area contributed by atoms with Gasteiger partial charge in [-0.15, -0.1) is 0 Å². The third-order valence-corrected chi connectivity index (χ3v) is 3.48. The molecule has 21 heavy (non-hydrogen) atoms. The molecule has 1 aromatic heterocycles. The Labute approximate surface area is 124 Å². The van der Waals surface area contributed by atoms with E-state index < -0.39 is 0 Å². The fourth-order valence-corrected chi connectivity index (χ4v) is 2.43. The van der Waals surface area contributed by atoms with Gasteiger partial charge in [-0.05, 0) is 31.2 Å². The van der Waals surface area contributed by atoms with Crippen LogP contribution in [0.5, 0.6) is 5.75 Å². The summed E-state index contributed by atoms with van der Waals surface area (Å²) in [6, 6.07) is 7.88. The molecule has 0 bridgehead atoms. The first-order valence-corrected chi connectivity index (χ1v) is 7.20. The Bertz CT molecular complexity index is 609. The van der Waals surface area contributed by atoms with Crippen LogP contribution in [0.1, 0.15) is 18.2 Å². The summed E-state index contributed by atoms with van der Waals surface area (Å²) in [5.41, 5.74) is 3.13. The van der Waals surface area contributed by atoms with Gasteiger partial charge >= 0.3 is 0 Å². The van der Waals surface area contributed by atoms with Crippen LogP contribution in [0.25, 0.3) is 11.4 Å². The summed E-state index contributed by atoms with van der Waals surface area (Å²) in [6.07, 6.45) is 0.830. The van der Waals surface area contributed by atoms with Gasteiger partial charge in [0.25, 0.3) is 0 Å². The number of rotatable bonds is 4. The van der Waals surface area contributed by atoms with Crippen molar-refractivity contribution < 1.29 is 9.47 Å². The molecule has 1 aromatic carbocycles. The molecule has 0 saturated carbocycles. The van der Waals surface area contributed by atoms with E-state index in [2.05, 4.69) is 10.3 Å². The van der Waals surface area contributed by atoms with Crippen molar-refractivity contribution in [2.75, 3.05) is 25.6 Å². The topological polar surface area (TPSA) is 56.3 Å². The number of aromatic nitrogens is 2. The van der Waals surface area contributed by atoms with Crippen molar-refractivity contribution in [2.24, 2.45) is 0 Å². The average Bonchev–Trinajstić information content (AvgIpc) is 2.55. The number of benzene rings is 1. The molecule has 3 rings (SSSR count). The molecular formula is C16H19N3O2. The van der Waals surface area contributed by atoms with Crippen LogP contribution in [0.4, 0.5) is 5.82 Å². The third-order valence-electron chi connectivity index (χ3n) is 3.48. The van der Waals surface area contributed by atoms with Gasteiger partial charge in [-0.3, -0.25) is 0 Å². The van der Waals surface area contributed by atoms with Gasteiger partial charge in [0, 0.05) is 24.6 Å². The zero-order chi connectivity index (χ0) is 14.7. The zero-order valence-electron chi connectivity index (χ0n) is 12.3. The maximum Gasteiger partial charge on any atom is 0.161 e. The Morgan fingerprint density at radius 1 is 1.24 bits per heavy atom. The van der Waals surface area contributed by atoms with Gasteiger partial charge in [-0.1, -0.05) is 0 Å². The molecule has 5 nitrogen and oxygen atoms in total. The van der Waals surface area contributed by atoms with Crippen LogP contribution >= 0.6 is 0 Å². The van der Waals surface area contributed by atoms with E-state index in [1.807, 2.05) is 38.2 Å². The zero-order valence-corrected chi connectivity index (χ0v) is 12.3. The molecule has 0 amide bonds. The third kappa shape index (κ3) is 2.83. The number of nitrogens with zero attached hydrogens (tertiary/aromatic N) is 2. The molecule has 0 fully saturated rings. The number of ether oxygens (including phenoxy) is 2. The summed E-state index contributed by atoms with van der Waals surface area (Å²) in [6.45, 7) is 3.94. The molecule has 1 aliphatic rings. The summed E-state index contributed by atoms with van der Waals surface area (Å²) < 4.78 is 11.0. The maximum atomic E-state index is 5.49. The van der Waals surface area contributed by atoms with E-state index in [4.69, 9.17) is 14.5 Å². The molecule has 2 heterocycles. The molecule has 0 spiro atoms. The van der Waals surface area contributed by atoms with Gasteiger partial charge in [-0.25, -0.2) is 9.97 Å². The van der Waals surface area contributed by atoms with E-state index in [1.165, 1.54) is 0 Å². The highest BCUT2D eigenvalue weighted by Crippen LogP contribution is 2.26. The van der Waals surface area contributed by atoms with Gasteiger partial charge in [-0.2, -0.15) is 0 Å². The van der Waals surface area contributed by atoms with E-state index >= 15 is 0 Å². The smallest absolute Gasteiger partial charge is 0.161 e. The molecule has 0 saturated heterocycles. The molecule has 0 atom stereocenters. The number of anilines is 1. The van der Waals surface area contributed by atoms with E-state index in [9.17, 15) is 0 Å². The molecule has 1 aliphatic heterocycles. The summed E-state index contributed by atoms with van der Waals surface area (Å²) >= 11 is 0. The highest BCUT2D eigenvalue weighted by atomic mass is 16.5. The molecule has 5 heteroatoms. The number of nitrogens with one attached hydrogen (secondary N) is 1. The van der Waals surface area contributed by atoms with Crippen molar-refractivity contribution in [3.8, 4) is 17.1 Å². The van der Waals surface area contributed by atoms with Gasteiger partial charge < -0.3 is 14.8 Å². The molecular weight excluding hydrogens is 266 g/mol. The minimum atomic E-state index is 0.578. The lowest BCUT2D eigenvalue weighted by Crippen LogP contribution is -2.16. The van der Waals surface area contributed by atoms with Gasteiger partial charge in [0.05, 0.1) is 25.5 Å². The fraction of sp³-hybridized carbons (Fsp3) is 0.375. The fourth-order valence-electron chi connectivity index (χ4n) is 2.43. The predicted molar refractivity (Wildman–Crippen MR) is 81.5 cm³/mol. The van der Waals surface area contributed by atoms with Gasteiger partial charge in [0.2, 0.25) is 0 Å². The Morgan fingerprint density at radius 3 is 2.76 bits per heavy atom. The quantitative estimate of drug-likeness (QED) is 0.936. The van der Waals surface area contributed by atoms with Crippen LogP contribution in [0, 0.1) is 0 Å². The molecule has 0 radical (unpaired) electrons. The molecule has 0 unspecified atom stereocenters.